The lowest BCUT2D eigenvalue weighted by Crippen LogP contribution is -2.45. The van der Waals surface area contributed by atoms with Crippen molar-refractivity contribution in [2.24, 2.45) is 7.05 Å². The molecule has 0 spiro atoms. The largest absolute Gasteiger partial charge is 0.365 e. The molecule has 0 bridgehead atoms. The Hall–Kier alpha value is -5.06. The van der Waals surface area contributed by atoms with E-state index in [2.05, 4.69) is 49.0 Å². The van der Waals surface area contributed by atoms with E-state index in [9.17, 15) is 5.26 Å². The van der Waals surface area contributed by atoms with Gasteiger partial charge in [0.25, 0.3) is 0 Å². The molecule has 39 heavy (non-hydrogen) atoms. The lowest BCUT2D eigenvalue weighted by molar-refractivity contribution is 0.0207. The zero-order valence-electron chi connectivity index (χ0n) is 21.6. The number of hydrogen-bond acceptors (Lipinski definition) is 8. The summed E-state index contributed by atoms with van der Waals surface area (Å²) in [6.07, 6.45) is 15.5. The first-order valence-electron chi connectivity index (χ1n) is 12.5. The van der Waals surface area contributed by atoms with Gasteiger partial charge in [-0.05, 0) is 18.2 Å². The molecule has 192 valence electrons. The molecule has 1 aliphatic rings. The number of aryl methyl sites for hydroxylation is 1. The molecule has 0 radical (unpaired) electrons. The molecule has 0 amide bonds. The van der Waals surface area contributed by atoms with Crippen molar-refractivity contribution in [1.82, 2.24) is 34.3 Å². The van der Waals surface area contributed by atoms with Gasteiger partial charge >= 0.3 is 0 Å². The van der Waals surface area contributed by atoms with Gasteiger partial charge in [0.05, 0.1) is 29.0 Å². The summed E-state index contributed by atoms with van der Waals surface area (Å²) < 4.78 is 9.38. The smallest absolute Gasteiger partial charge is 0.132 e. The van der Waals surface area contributed by atoms with Crippen LogP contribution in [0.1, 0.15) is 24.0 Å². The maximum atomic E-state index is 9.70. The minimum atomic E-state index is -0.514. The van der Waals surface area contributed by atoms with E-state index in [0.29, 0.717) is 5.56 Å². The second kappa shape index (κ2) is 10.0. The maximum Gasteiger partial charge on any atom is 0.132 e. The Morgan fingerprint density at radius 3 is 2.44 bits per heavy atom. The van der Waals surface area contributed by atoms with Crippen LogP contribution in [0, 0.1) is 23.2 Å². The average molecular weight is 516 g/mol. The van der Waals surface area contributed by atoms with Crippen molar-refractivity contribution in [3.05, 3.63) is 79.0 Å². The summed E-state index contributed by atoms with van der Waals surface area (Å²) in [5.74, 6) is 7.36. The Morgan fingerprint density at radius 1 is 0.949 bits per heavy atom. The van der Waals surface area contributed by atoms with E-state index in [4.69, 9.17) is 9.72 Å². The van der Waals surface area contributed by atoms with Crippen molar-refractivity contribution in [2.75, 3.05) is 25.1 Å². The van der Waals surface area contributed by atoms with E-state index in [1.165, 1.54) is 6.33 Å². The third-order valence-electron chi connectivity index (χ3n) is 7.11. The minimum absolute atomic E-state index is 0.514. The van der Waals surface area contributed by atoms with E-state index in [-0.39, 0.29) is 0 Å². The normalized spacial score (nSPS) is 14.5. The Kier molecular flexibility index (Phi) is 6.23. The molecular weight excluding hydrogens is 490 g/mol. The standard InChI is InChI=1S/C29H25N9O/c1-36-18-25(17-34-36)23-11-26(28-24(12-30)16-35-38(28)19-23)22-3-4-27(33-15-22)37-9-7-29(39-2,8-10-37)6-5-21-13-31-20-32-14-21/h3-4,11,13-20H,7-10H2,1-2H3. The summed E-state index contributed by atoms with van der Waals surface area (Å²) in [5.41, 5.74) is 5.25. The van der Waals surface area contributed by atoms with Crippen molar-refractivity contribution < 1.29 is 4.74 Å². The molecule has 1 saturated heterocycles. The van der Waals surface area contributed by atoms with Gasteiger partial charge in [-0.1, -0.05) is 11.8 Å². The van der Waals surface area contributed by atoms with Crippen LogP contribution in [0.25, 0.3) is 27.8 Å². The number of hydrogen-bond donors (Lipinski definition) is 0. The Labute approximate surface area is 225 Å². The second-order valence-corrected chi connectivity index (χ2v) is 9.48. The van der Waals surface area contributed by atoms with Crippen molar-refractivity contribution in [1.29, 1.82) is 5.26 Å². The number of fused-ring (bicyclic) bond motifs is 1. The number of nitrogens with zero attached hydrogens (tertiary/aromatic N) is 9. The lowest BCUT2D eigenvalue weighted by Gasteiger charge is -2.38. The number of aromatic nitrogens is 7. The van der Waals surface area contributed by atoms with Crippen LogP contribution in [0.3, 0.4) is 0 Å². The van der Waals surface area contributed by atoms with Crippen LogP contribution < -0.4 is 4.90 Å². The van der Waals surface area contributed by atoms with E-state index in [0.717, 1.165) is 65.1 Å². The molecule has 0 aromatic carbocycles. The van der Waals surface area contributed by atoms with Gasteiger partial charge in [0.15, 0.2) is 0 Å². The topological polar surface area (TPSA) is 110 Å². The predicted octanol–water partition coefficient (Wildman–Crippen LogP) is 3.50. The lowest BCUT2D eigenvalue weighted by atomic mass is 9.91. The summed E-state index contributed by atoms with van der Waals surface area (Å²) in [7, 11) is 3.60. The Morgan fingerprint density at radius 2 is 1.77 bits per heavy atom. The predicted molar refractivity (Wildman–Crippen MR) is 145 cm³/mol. The summed E-state index contributed by atoms with van der Waals surface area (Å²) in [4.78, 5) is 15.1. The molecule has 10 nitrogen and oxygen atoms in total. The maximum absolute atomic E-state index is 9.70. The van der Waals surface area contributed by atoms with Gasteiger partial charge in [-0.25, -0.2) is 19.5 Å². The highest BCUT2D eigenvalue weighted by molar-refractivity contribution is 5.87. The molecule has 1 aliphatic heterocycles. The molecule has 5 aromatic heterocycles. The minimum Gasteiger partial charge on any atom is -0.365 e. The third kappa shape index (κ3) is 4.70. The van der Waals surface area contributed by atoms with E-state index < -0.39 is 5.60 Å². The number of rotatable bonds is 4. The molecule has 6 heterocycles. The van der Waals surface area contributed by atoms with Gasteiger partial charge < -0.3 is 9.64 Å². The number of anilines is 1. The quantitative estimate of drug-likeness (QED) is 0.335. The number of piperidine rings is 1. The summed E-state index contributed by atoms with van der Waals surface area (Å²) in [5, 5.41) is 18.4. The average Bonchev–Trinajstić information content (AvgIpc) is 3.62. The zero-order chi connectivity index (χ0) is 26.8. The Bertz CT molecular complexity index is 1730. The molecule has 0 N–H and O–H groups in total. The zero-order valence-corrected chi connectivity index (χ0v) is 21.6. The molecule has 6 rings (SSSR count). The van der Waals surface area contributed by atoms with Crippen LogP contribution in [0.15, 0.2) is 67.9 Å². The van der Waals surface area contributed by atoms with Crippen LogP contribution in [0.2, 0.25) is 0 Å². The Balaban J connectivity index is 1.26. The fourth-order valence-electron chi connectivity index (χ4n) is 4.91. The molecule has 0 aliphatic carbocycles. The summed E-state index contributed by atoms with van der Waals surface area (Å²) in [6, 6.07) is 8.40. The number of pyridine rings is 2. The van der Waals surface area contributed by atoms with Gasteiger partial charge in [0.2, 0.25) is 0 Å². The van der Waals surface area contributed by atoms with Gasteiger partial charge in [0, 0.05) is 93.3 Å². The molecule has 5 aromatic rings. The van der Waals surface area contributed by atoms with Gasteiger partial charge in [0.1, 0.15) is 23.8 Å². The fraction of sp³-hybridized carbons (Fsp3) is 0.241. The monoisotopic (exact) mass is 515 g/mol. The molecular formula is C29H25N9O. The first kappa shape index (κ1) is 24.3. The molecule has 0 unspecified atom stereocenters. The van der Waals surface area contributed by atoms with E-state index in [1.54, 1.807) is 34.9 Å². The van der Waals surface area contributed by atoms with Gasteiger partial charge in [-0.15, -0.1) is 0 Å². The van der Waals surface area contributed by atoms with Crippen LogP contribution in [-0.2, 0) is 11.8 Å². The molecule has 1 fully saturated rings. The number of methoxy groups -OCH3 is 1. The number of ether oxygens (including phenoxy) is 1. The summed E-state index contributed by atoms with van der Waals surface area (Å²) in [6.45, 7) is 1.53. The highest BCUT2D eigenvalue weighted by Crippen LogP contribution is 2.33. The van der Waals surface area contributed by atoms with Crippen LogP contribution in [-0.4, -0.2) is 60.1 Å². The van der Waals surface area contributed by atoms with Crippen molar-refractivity contribution >= 4 is 11.3 Å². The van der Waals surface area contributed by atoms with Gasteiger partial charge in [-0.2, -0.15) is 15.5 Å². The molecule has 10 heteroatoms. The van der Waals surface area contributed by atoms with Crippen molar-refractivity contribution in [2.45, 2.75) is 18.4 Å². The first-order valence-corrected chi connectivity index (χ1v) is 12.5. The summed E-state index contributed by atoms with van der Waals surface area (Å²) >= 11 is 0. The van der Waals surface area contributed by atoms with Crippen molar-refractivity contribution in [3.8, 4) is 40.2 Å². The van der Waals surface area contributed by atoms with E-state index >= 15 is 0 Å². The SMILES string of the molecule is COC1(C#Cc2cncnc2)CCN(c2ccc(-c3cc(-c4cnn(C)c4)cn4ncc(C#N)c34)cn2)CC1. The first-order chi connectivity index (χ1) is 19.1. The fourth-order valence-corrected chi connectivity index (χ4v) is 4.91. The molecule has 0 saturated carbocycles. The highest BCUT2D eigenvalue weighted by Gasteiger charge is 2.33. The van der Waals surface area contributed by atoms with Crippen LogP contribution in [0.5, 0.6) is 0 Å². The van der Waals surface area contributed by atoms with Crippen molar-refractivity contribution in [3.63, 3.8) is 0 Å². The second-order valence-electron chi connectivity index (χ2n) is 9.48. The number of nitriles is 1. The third-order valence-corrected chi connectivity index (χ3v) is 7.11. The van der Waals surface area contributed by atoms with E-state index in [1.807, 2.05) is 44.0 Å². The van der Waals surface area contributed by atoms with Gasteiger partial charge in [-0.3, -0.25) is 4.68 Å². The highest BCUT2D eigenvalue weighted by atomic mass is 16.5. The van der Waals surface area contributed by atoms with Crippen LogP contribution >= 0.6 is 0 Å². The molecule has 0 atom stereocenters. The van der Waals surface area contributed by atoms with Crippen LogP contribution in [0.4, 0.5) is 5.82 Å².